The molecule has 0 spiro atoms. The Morgan fingerprint density at radius 1 is 1.58 bits per heavy atom. The molecule has 1 aromatic heterocycles. The number of rotatable bonds is 3. The molecule has 1 aliphatic heterocycles. The standard InChI is InChI=1S/C7H7ClN2O2/c8-6-1-2-7(10-9-6)12-4-5-3-11-5/h1-2,5H,3-4H2. The van der Waals surface area contributed by atoms with Crippen molar-refractivity contribution in [2.24, 2.45) is 0 Å². The van der Waals surface area contributed by atoms with Gasteiger partial charge in [0.2, 0.25) is 5.88 Å². The molecule has 0 bridgehead atoms. The zero-order chi connectivity index (χ0) is 8.39. The third kappa shape index (κ3) is 2.06. The third-order valence-corrected chi connectivity index (χ3v) is 1.63. The van der Waals surface area contributed by atoms with Crippen molar-refractivity contribution in [3.63, 3.8) is 0 Å². The molecule has 4 nitrogen and oxygen atoms in total. The summed E-state index contributed by atoms with van der Waals surface area (Å²) in [4.78, 5) is 0. The molecule has 1 atom stereocenters. The van der Waals surface area contributed by atoms with Gasteiger partial charge in [-0.05, 0) is 6.07 Å². The van der Waals surface area contributed by atoms with E-state index in [1.807, 2.05) is 0 Å². The number of halogens is 1. The molecule has 1 aliphatic rings. The Morgan fingerprint density at radius 2 is 2.42 bits per heavy atom. The van der Waals surface area contributed by atoms with Crippen molar-refractivity contribution in [1.29, 1.82) is 0 Å². The highest BCUT2D eigenvalue weighted by molar-refractivity contribution is 6.29. The molecular weight excluding hydrogens is 180 g/mol. The van der Waals surface area contributed by atoms with E-state index in [0.29, 0.717) is 17.6 Å². The highest BCUT2D eigenvalue weighted by atomic mass is 35.5. The van der Waals surface area contributed by atoms with Crippen molar-refractivity contribution in [2.45, 2.75) is 6.10 Å². The minimum Gasteiger partial charge on any atom is -0.474 e. The number of hydrogen-bond donors (Lipinski definition) is 0. The van der Waals surface area contributed by atoms with E-state index in [0.717, 1.165) is 6.61 Å². The van der Waals surface area contributed by atoms with Crippen LogP contribution in [0, 0.1) is 0 Å². The number of nitrogens with zero attached hydrogens (tertiary/aromatic N) is 2. The molecule has 0 N–H and O–H groups in total. The first kappa shape index (κ1) is 7.76. The van der Waals surface area contributed by atoms with Crippen LogP contribution in [0.5, 0.6) is 5.88 Å². The average Bonchev–Trinajstić information content (AvgIpc) is 2.87. The van der Waals surface area contributed by atoms with Gasteiger partial charge in [-0.3, -0.25) is 0 Å². The summed E-state index contributed by atoms with van der Waals surface area (Å²) in [6.07, 6.45) is 0.238. The number of epoxide rings is 1. The van der Waals surface area contributed by atoms with Crippen LogP contribution in [-0.4, -0.2) is 29.5 Å². The van der Waals surface area contributed by atoms with Gasteiger partial charge in [-0.15, -0.1) is 10.2 Å². The van der Waals surface area contributed by atoms with E-state index < -0.39 is 0 Å². The van der Waals surface area contributed by atoms with Gasteiger partial charge in [0.05, 0.1) is 6.61 Å². The fraction of sp³-hybridized carbons (Fsp3) is 0.429. The Morgan fingerprint density at radius 3 is 3.00 bits per heavy atom. The fourth-order valence-electron chi connectivity index (χ4n) is 0.723. The van der Waals surface area contributed by atoms with E-state index in [4.69, 9.17) is 21.1 Å². The minimum absolute atomic E-state index is 0.238. The van der Waals surface area contributed by atoms with Crippen LogP contribution in [0.15, 0.2) is 12.1 Å². The Hall–Kier alpha value is -0.870. The van der Waals surface area contributed by atoms with Crippen molar-refractivity contribution in [1.82, 2.24) is 10.2 Å². The second-order valence-corrected chi connectivity index (χ2v) is 2.85. The summed E-state index contributed by atoms with van der Waals surface area (Å²) in [5, 5.41) is 7.71. The van der Waals surface area contributed by atoms with Gasteiger partial charge in [0.25, 0.3) is 0 Å². The lowest BCUT2D eigenvalue weighted by Crippen LogP contribution is -2.05. The number of hydrogen-bond acceptors (Lipinski definition) is 4. The quantitative estimate of drug-likeness (QED) is 0.659. The number of aromatic nitrogens is 2. The molecule has 12 heavy (non-hydrogen) atoms. The van der Waals surface area contributed by atoms with Gasteiger partial charge in [0.1, 0.15) is 12.7 Å². The maximum atomic E-state index is 5.53. The van der Waals surface area contributed by atoms with E-state index in [1.54, 1.807) is 12.1 Å². The Kier molecular flexibility index (Phi) is 2.10. The van der Waals surface area contributed by atoms with E-state index >= 15 is 0 Å². The van der Waals surface area contributed by atoms with Gasteiger partial charge in [0.15, 0.2) is 5.15 Å². The van der Waals surface area contributed by atoms with Crippen LogP contribution in [0.2, 0.25) is 5.15 Å². The zero-order valence-corrected chi connectivity index (χ0v) is 6.99. The molecule has 1 saturated heterocycles. The van der Waals surface area contributed by atoms with E-state index in [2.05, 4.69) is 10.2 Å². The molecule has 0 aliphatic carbocycles. The van der Waals surface area contributed by atoms with Crippen molar-refractivity contribution < 1.29 is 9.47 Å². The van der Waals surface area contributed by atoms with Crippen LogP contribution in [-0.2, 0) is 4.74 Å². The SMILES string of the molecule is Clc1ccc(OCC2CO2)nn1. The van der Waals surface area contributed by atoms with Crippen LogP contribution in [0.3, 0.4) is 0 Å². The largest absolute Gasteiger partial charge is 0.474 e. The lowest BCUT2D eigenvalue weighted by Gasteiger charge is -2.00. The highest BCUT2D eigenvalue weighted by Crippen LogP contribution is 2.12. The maximum Gasteiger partial charge on any atom is 0.233 e. The molecule has 2 rings (SSSR count). The van der Waals surface area contributed by atoms with E-state index in [9.17, 15) is 0 Å². The molecular formula is C7H7ClN2O2. The molecule has 0 amide bonds. The minimum atomic E-state index is 0.238. The van der Waals surface area contributed by atoms with E-state index in [1.165, 1.54) is 0 Å². The van der Waals surface area contributed by atoms with Crippen LogP contribution in [0.4, 0.5) is 0 Å². The molecule has 1 aromatic rings. The maximum absolute atomic E-state index is 5.53. The van der Waals surface area contributed by atoms with Gasteiger partial charge in [-0.2, -0.15) is 0 Å². The highest BCUT2D eigenvalue weighted by Gasteiger charge is 2.23. The molecule has 0 saturated carbocycles. The first-order valence-electron chi connectivity index (χ1n) is 3.58. The topological polar surface area (TPSA) is 47.5 Å². The second-order valence-electron chi connectivity index (χ2n) is 2.46. The molecule has 2 heterocycles. The summed E-state index contributed by atoms with van der Waals surface area (Å²) in [5.41, 5.74) is 0. The fourth-order valence-corrected chi connectivity index (χ4v) is 0.824. The summed E-state index contributed by atoms with van der Waals surface area (Å²) < 4.78 is 10.2. The molecule has 0 aromatic carbocycles. The predicted octanol–water partition coefficient (Wildman–Crippen LogP) is 0.908. The lowest BCUT2D eigenvalue weighted by atomic mass is 10.5. The third-order valence-electron chi connectivity index (χ3n) is 1.43. The normalized spacial score (nSPS) is 20.6. The monoisotopic (exact) mass is 186 g/mol. The van der Waals surface area contributed by atoms with Gasteiger partial charge in [0, 0.05) is 6.07 Å². The Bertz CT molecular complexity index is 261. The van der Waals surface area contributed by atoms with Crippen LogP contribution < -0.4 is 4.74 Å². The first-order chi connectivity index (χ1) is 5.84. The smallest absolute Gasteiger partial charge is 0.233 e. The van der Waals surface area contributed by atoms with Crippen LogP contribution in [0.25, 0.3) is 0 Å². The number of ether oxygens (including phenoxy) is 2. The molecule has 64 valence electrons. The zero-order valence-electron chi connectivity index (χ0n) is 6.24. The van der Waals surface area contributed by atoms with Crippen molar-refractivity contribution in [2.75, 3.05) is 13.2 Å². The Balaban J connectivity index is 1.89. The summed E-state index contributed by atoms with van der Waals surface area (Å²) in [5.74, 6) is 0.481. The molecule has 1 fully saturated rings. The summed E-state index contributed by atoms with van der Waals surface area (Å²) in [6.45, 7) is 1.32. The van der Waals surface area contributed by atoms with E-state index in [-0.39, 0.29) is 6.10 Å². The van der Waals surface area contributed by atoms with Gasteiger partial charge in [-0.1, -0.05) is 11.6 Å². The van der Waals surface area contributed by atoms with Crippen LogP contribution in [0.1, 0.15) is 0 Å². The Labute approximate surface area is 74.5 Å². The van der Waals surface area contributed by atoms with Gasteiger partial charge in [-0.25, -0.2) is 0 Å². The summed E-state index contributed by atoms with van der Waals surface area (Å²) in [7, 11) is 0. The molecule has 0 radical (unpaired) electrons. The average molecular weight is 187 g/mol. The van der Waals surface area contributed by atoms with Crippen LogP contribution >= 0.6 is 11.6 Å². The molecule has 1 unspecified atom stereocenters. The van der Waals surface area contributed by atoms with Crippen molar-refractivity contribution in [3.8, 4) is 5.88 Å². The van der Waals surface area contributed by atoms with Crippen molar-refractivity contribution >= 4 is 11.6 Å². The van der Waals surface area contributed by atoms with Crippen molar-refractivity contribution in [3.05, 3.63) is 17.3 Å². The molecule has 5 heteroatoms. The summed E-state index contributed by atoms with van der Waals surface area (Å²) in [6, 6.07) is 3.31. The van der Waals surface area contributed by atoms with Gasteiger partial charge < -0.3 is 9.47 Å². The lowest BCUT2D eigenvalue weighted by molar-refractivity contribution is 0.253. The van der Waals surface area contributed by atoms with Gasteiger partial charge >= 0.3 is 0 Å². The first-order valence-corrected chi connectivity index (χ1v) is 3.96. The summed E-state index contributed by atoms with van der Waals surface area (Å²) >= 11 is 5.53. The predicted molar refractivity (Wildman–Crippen MR) is 42.3 cm³/mol. The second kappa shape index (κ2) is 3.25.